The fourth-order valence-corrected chi connectivity index (χ4v) is 2.61. The van der Waals surface area contributed by atoms with Crippen LogP contribution in [0.3, 0.4) is 0 Å². The number of hydrogen-bond donors (Lipinski definition) is 1. The number of thiocarbonyl (C=S) groups is 1. The number of halogens is 1. The van der Waals surface area contributed by atoms with Crippen LogP contribution in [0.15, 0.2) is 59.1 Å². The van der Waals surface area contributed by atoms with E-state index in [2.05, 4.69) is 45.2 Å². The maximum atomic E-state index is 5.50. The highest BCUT2D eigenvalue weighted by Crippen LogP contribution is 2.16. The molecule has 104 valence electrons. The number of hydrogen-bond acceptors (Lipinski definition) is 1. The van der Waals surface area contributed by atoms with Gasteiger partial charge in [-0.25, -0.2) is 0 Å². The predicted molar refractivity (Wildman–Crippen MR) is 92.9 cm³/mol. The van der Waals surface area contributed by atoms with Crippen molar-refractivity contribution in [3.05, 3.63) is 64.6 Å². The van der Waals surface area contributed by atoms with E-state index in [1.165, 1.54) is 5.56 Å². The molecule has 0 aliphatic heterocycles. The summed E-state index contributed by atoms with van der Waals surface area (Å²) in [7, 11) is 0. The lowest BCUT2D eigenvalue weighted by Crippen LogP contribution is -2.34. The second-order valence-corrected chi connectivity index (χ2v) is 5.74. The van der Waals surface area contributed by atoms with Gasteiger partial charge in [-0.2, -0.15) is 0 Å². The first-order valence-electron chi connectivity index (χ1n) is 6.54. The summed E-state index contributed by atoms with van der Waals surface area (Å²) in [5.74, 6) is 0. The van der Waals surface area contributed by atoms with Crippen molar-refractivity contribution in [2.45, 2.75) is 13.5 Å². The van der Waals surface area contributed by atoms with Gasteiger partial charge >= 0.3 is 0 Å². The third kappa shape index (κ3) is 4.32. The molecule has 0 saturated heterocycles. The lowest BCUT2D eigenvalue weighted by molar-refractivity contribution is 0.442. The minimum absolute atomic E-state index is 0.745. The Bertz CT molecular complexity index is 572. The number of rotatable bonds is 4. The molecular formula is C16H17BrN2S. The monoisotopic (exact) mass is 348 g/mol. The van der Waals surface area contributed by atoms with Crippen LogP contribution in [0.25, 0.3) is 0 Å². The van der Waals surface area contributed by atoms with Gasteiger partial charge in [0.1, 0.15) is 0 Å². The van der Waals surface area contributed by atoms with Crippen LogP contribution in [0.5, 0.6) is 0 Å². The molecule has 0 heterocycles. The van der Waals surface area contributed by atoms with Gasteiger partial charge in [0.05, 0.1) is 0 Å². The van der Waals surface area contributed by atoms with E-state index in [1.54, 1.807) is 0 Å². The van der Waals surface area contributed by atoms with E-state index in [1.807, 2.05) is 42.5 Å². The van der Waals surface area contributed by atoms with Crippen LogP contribution in [-0.2, 0) is 6.54 Å². The molecule has 1 N–H and O–H groups in total. The van der Waals surface area contributed by atoms with Gasteiger partial charge in [0.25, 0.3) is 0 Å². The fourth-order valence-electron chi connectivity index (χ4n) is 1.90. The summed E-state index contributed by atoms with van der Waals surface area (Å²) < 4.78 is 1.04. The Balaban J connectivity index is 2.02. The number of anilines is 1. The topological polar surface area (TPSA) is 15.3 Å². The second kappa shape index (κ2) is 7.41. The SMILES string of the molecule is CCN(Cc1ccccc1)C(=S)Nc1cccc(Br)c1. The van der Waals surface area contributed by atoms with Crippen molar-refractivity contribution in [3.63, 3.8) is 0 Å². The molecule has 0 unspecified atom stereocenters. The van der Waals surface area contributed by atoms with Crippen molar-refractivity contribution in [1.82, 2.24) is 4.90 Å². The summed E-state index contributed by atoms with van der Waals surface area (Å²) in [5.41, 5.74) is 2.25. The first-order valence-corrected chi connectivity index (χ1v) is 7.74. The highest BCUT2D eigenvalue weighted by molar-refractivity contribution is 9.10. The Hall–Kier alpha value is -1.39. The number of nitrogens with one attached hydrogen (secondary N) is 1. The lowest BCUT2D eigenvalue weighted by Gasteiger charge is -2.24. The highest BCUT2D eigenvalue weighted by atomic mass is 79.9. The molecule has 2 aromatic rings. The lowest BCUT2D eigenvalue weighted by atomic mass is 10.2. The normalized spacial score (nSPS) is 10.1. The van der Waals surface area contributed by atoms with Crippen LogP contribution in [0.2, 0.25) is 0 Å². The molecule has 0 atom stereocenters. The summed E-state index contributed by atoms with van der Waals surface area (Å²) in [6, 6.07) is 18.4. The van der Waals surface area contributed by atoms with Gasteiger partial charge in [-0.3, -0.25) is 0 Å². The maximum absolute atomic E-state index is 5.50. The first-order chi connectivity index (χ1) is 9.69. The molecule has 0 aliphatic rings. The molecule has 2 nitrogen and oxygen atoms in total. The quantitative estimate of drug-likeness (QED) is 0.808. The van der Waals surface area contributed by atoms with Crippen molar-refractivity contribution in [1.29, 1.82) is 0 Å². The molecule has 0 amide bonds. The zero-order valence-electron chi connectivity index (χ0n) is 11.3. The maximum Gasteiger partial charge on any atom is 0.173 e. The first kappa shape index (κ1) is 15.0. The van der Waals surface area contributed by atoms with Gasteiger partial charge in [0.15, 0.2) is 5.11 Å². The molecule has 2 aromatic carbocycles. The van der Waals surface area contributed by atoms with Crippen LogP contribution in [-0.4, -0.2) is 16.6 Å². The highest BCUT2D eigenvalue weighted by Gasteiger charge is 2.08. The van der Waals surface area contributed by atoms with Gasteiger partial charge in [-0.05, 0) is 42.9 Å². The van der Waals surface area contributed by atoms with E-state index in [0.29, 0.717) is 0 Å². The zero-order valence-corrected chi connectivity index (χ0v) is 13.7. The standard InChI is InChI=1S/C16H17BrN2S/c1-2-19(12-13-7-4-3-5-8-13)16(20)18-15-10-6-9-14(17)11-15/h3-11H,2,12H2,1H3,(H,18,20). The summed E-state index contributed by atoms with van der Waals surface area (Å²) in [4.78, 5) is 2.14. The van der Waals surface area contributed by atoms with E-state index >= 15 is 0 Å². The predicted octanol–water partition coefficient (Wildman–Crippen LogP) is 4.67. The van der Waals surface area contributed by atoms with E-state index in [4.69, 9.17) is 12.2 Å². The smallest absolute Gasteiger partial charge is 0.173 e. The molecule has 0 aliphatic carbocycles. The molecule has 0 fully saturated rings. The Morgan fingerprint density at radius 1 is 1.15 bits per heavy atom. The molecule has 0 bridgehead atoms. The van der Waals surface area contributed by atoms with Gasteiger partial charge < -0.3 is 10.2 Å². The van der Waals surface area contributed by atoms with Crippen molar-refractivity contribution in [3.8, 4) is 0 Å². The molecular weight excluding hydrogens is 332 g/mol. The average Bonchev–Trinajstić information content (AvgIpc) is 2.45. The van der Waals surface area contributed by atoms with E-state index in [0.717, 1.165) is 28.4 Å². The Morgan fingerprint density at radius 3 is 2.55 bits per heavy atom. The molecule has 0 spiro atoms. The van der Waals surface area contributed by atoms with Crippen LogP contribution >= 0.6 is 28.1 Å². The third-order valence-corrected chi connectivity index (χ3v) is 3.81. The largest absolute Gasteiger partial charge is 0.345 e. The molecule has 0 aromatic heterocycles. The van der Waals surface area contributed by atoms with Crippen LogP contribution < -0.4 is 5.32 Å². The second-order valence-electron chi connectivity index (χ2n) is 4.44. The van der Waals surface area contributed by atoms with Crippen LogP contribution in [0.4, 0.5) is 5.69 Å². The Kier molecular flexibility index (Phi) is 5.56. The van der Waals surface area contributed by atoms with E-state index in [-0.39, 0.29) is 0 Å². The van der Waals surface area contributed by atoms with Crippen LogP contribution in [0, 0.1) is 0 Å². The zero-order chi connectivity index (χ0) is 14.4. The number of benzene rings is 2. The van der Waals surface area contributed by atoms with E-state index < -0.39 is 0 Å². The summed E-state index contributed by atoms with van der Waals surface area (Å²) in [6.45, 7) is 3.80. The van der Waals surface area contributed by atoms with Gasteiger partial charge in [-0.15, -0.1) is 0 Å². The summed E-state index contributed by atoms with van der Waals surface area (Å²) >= 11 is 8.96. The minimum atomic E-state index is 0.745. The van der Waals surface area contributed by atoms with Crippen molar-refractivity contribution in [2.75, 3.05) is 11.9 Å². The van der Waals surface area contributed by atoms with E-state index in [9.17, 15) is 0 Å². The molecule has 0 saturated carbocycles. The van der Waals surface area contributed by atoms with Crippen molar-refractivity contribution in [2.24, 2.45) is 0 Å². The number of nitrogens with zero attached hydrogens (tertiary/aromatic N) is 1. The fraction of sp³-hybridized carbons (Fsp3) is 0.188. The minimum Gasteiger partial charge on any atom is -0.345 e. The molecule has 2 rings (SSSR count). The van der Waals surface area contributed by atoms with Gasteiger partial charge in [0, 0.05) is 23.2 Å². The molecule has 20 heavy (non-hydrogen) atoms. The van der Waals surface area contributed by atoms with Crippen molar-refractivity contribution < 1.29 is 0 Å². The molecule has 0 radical (unpaired) electrons. The summed E-state index contributed by atoms with van der Waals surface area (Å²) in [5, 5.41) is 4.03. The van der Waals surface area contributed by atoms with Crippen molar-refractivity contribution >= 4 is 38.9 Å². The van der Waals surface area contributed by atoms with Gasteiger partial charge in [0.2, 0.25) is 0 Å². The average molecular weight is 349 g/mol. The Morgan fingerprint density at radius 2 is 1.90 bits per heavy atom. The summed E-state index contributed by atoms with van der Waals surface area (Å²) in [6.07, 6.45) is 0. The molecule has 4 heteroatoms. The third-order valence-electron chi connectivity index (χ3n) is 2.96. The van der Waals surface area contributed by atoms with Crippen LogP contribution in [0.1, 0.15) is 12.5 Å². The Labute approximate surface area is 133 Å². The van der Waals surface area contributed by atoms with Gasteiger partial charge in [-0.1, -0.05) is 52.3 Å².